The second-order valence-electron chi connectivity index (χ2n) is 23.1. The van der Waals surface area contributed by atoms with Gasteiger partial charge in [-0.2, -0.15) is 0 Å². The summed E-state index contributed by atoms with van der Waals surface area (Å²) < 4.78 is 34.2. The largest absolute Gasteiger partial charge is 0.756 e. The molecule has 462 valence electrons. The normalized spacial score (nSPS) is 13.8. The molecule has 0 radical (unpaired) electrons. The van der Waals surface area contributed by atoms with Crippen molar-refractivity contribution in [1.82, 2.24) is 0 Å². The Hall–Kier alpha value is -3.07. The monoisotopic (exact) mass is 1140 g/mol. The number of carbonyl (C=O) groups is 2. The van der Waals surface area contributed by atoms with Gasteiger partial charge < -0.3 is 27.9 Å². The predicted molar refractivity (Wildman–Crippen MR) is 342 cm³/mol. The summed E-state index contributed by atoms with van der Waals surface area (Å²) >= 11 is 0. The number of carbonyl (C=O) groups excluding carboxylic acids is 2. The molecule has 0 aliphatic rings. The van der Waals surface area contributed by atoms with E-state index in [0.717, 1.165) is 96.3 Å². The minimum absolute atomic E-state index is 0.0330. The van der Waals surface area contributed by atoms with Crippen LogP contribution in [0.1, 0.15) is 284 Å². The Bertz CT molecular complexity index is 1670. The summed E-state index contributed by atoms with van der Waals surface area (Å²) in [5, 5.41) is 0. The first kappa shape index (κ1) is 76.9. The molecule has 0 N–H and O–H groups in total. The van der Waals surface area contributed by atoms with Crippen LogP contribution >= 0.6 is 7.82 Å². The summed E-state index contributed by atoms with van der Waals surface area (Å²) in [6, 6.07) is 0. The molecule has 0 aliphatic carbocycles. The number of ether oxygens (including phenoxy) is 2. The van der Waals surface area contributed by atoms with Crippen molar-refractivity contribution in [2.45, 2.75) is 290 Å². The number of nitrogens with zero attached hydrogens (tertiary/aromatic N) is 1. The molecule has 0 spiro atoms. The molecule has 2 unspecified atom stereocenters. The van der Waals surface area contributed by atoms with Gasteiger partial charge in [0.15, 0.2) is 6.10 Å². The van der Waals surface area contributed by atoms with Crippen molar-refractivity contribution in [2.75, 3.05) is 47.5 Å². The van der Waals surface area contributed by atoms with Crippen LogP contribution in [0.25, 0.3) is 0 Å². The van der Waals surface area contributed by atoms with Crippen molar-refractivity contribution in [3.05, 3.63) is 97.2 Å². The third-order valence-electron chi connectivity index (χ3n) is 14.1. The smallest absolute Gasteiger partial charge is 0.306 e. The van der Waals surface area contributed by atoms with Gasteiger partial charge in [-0.1, -0.05) is 272 Å². The van der Waals surface area contributed by atoms with E-state index in [-0.39, 0.29) is 32.0 Å². The van der Waals surface area contributed by atoms with E-state index in [4.69, 9.17) is 18.5 Å². The average molecular weight is 1140 g/mol. The highest BCUT2D eigenvalue weighted by Gasteiger charge is 2.22. The third kappa shape index (κ3) is 64.1. The number of likely N-dealkylation sites (N-methyl/N-ethyl adjacent to an activating group) is 1. The van der Waals surface area contributed by atoms with Crippen LogP contribution in [-0.2, 0) is 32.7 Å². The first-order valence-electron chi connectivity index (χ1n) is 32.9. The van der Waals surface area contributed by atoms with Gasteiger partial charge in [0, 0.05) is 12.8 Å². The molecule has 0 aliphatic heterocycles. The predicted octanol–water partition coefficient (Wildman–Crippen LogP) is 20.5. The number of unbranched alkanes of at least 4 members (excludes halogenated alkanes) is 30. The number of allylic oxidation sites excluding steroid dienone is 16. The fraction of sp³-hybridized carbons (Fsp3) is 0.743. The van der Waals surface area contributed by atoms with E-state index < -0.39 is 26.5 Å². The average Bonchev–Trinajstić information content (AvgIpc) is 3.42. The van der Waals surface area contributed by atoms with Crippen LogP contribution in [0.15, 0.2) is 97.2 Å². The molecule has 2 atom stereocenters. The second-order valence-corrected chi connectivity index (χ2v) is 24.5. The summed E-state index contributed by atoms with van der Waals surface area (Å²) in [7, 11) is 1.17. The molecule has 0 saturated carbocycles. The fourth-order valence-electron chi connectivity index (χ4n) is 9.04. The molecule has 0 rings (SSSR count). The van der Waals surface area contributed by atoms with E-state index in [0.29, 0.717) is 17.4 Å². The SMILES string of the molecule is CC/C=C\C/C=C\C/C=C\C/C=C\C/C=C\C/C=C\C/C=C\CCCCCCCCCCCCCCCCCCCC(=O)OC(COC(=O)CCCCCCCCC/C=C\CCCCCCCC)COP(=O)([O-])OCC[N+](C)(C)C. The maximum absolute atomic E-state index is 12.8. The zero-order valence-electron chi connectivity index (χ0n) is 52.5. The van der Waals surface area contributed by atoms with E-state index in [1.165, 1.54) is 154 Å². The molecule has 0 fully saturated rings. The summed E-state index contributed by atoms with van der Waals surface area (Å²) in [5.74, 6) is -0.832. The van der Waals surface area contributed by atoms with Crippen LogP contribution < -0.4 is 4.89 Å². The molecule has 0 aromatic rings. The maximum Gasteiger partial charge on any atom is 0.306 e. The van der Waals surface area contributed by atoms with Gasteiger partial charge in [0.05, 0.1) is 27.7 Å². The zero-order chi connectivity index (χ0) is 58.4. The summed E-state index contributed by atoms with van der Waals surface area (Å²) in [5.41, 5.74) is 0. The first-order chi connectivity index (χ1) is 39.0. The third-order valence-corrected chi connectivity index (χ3v) is 15.1. The summed E-state index contributed by atoms with van der Waals surface area (Å²) in [6.07, 6.45) is 83.4. The Morgan fingerprint density at radius 1 is 0.400 bits per heavy atom. The zero-order valence-corrected chi connectivity index (χ0v) is 53.4. The molecule has 9 nitrogen and oxygen atoms in total. The van der Waals surface area contributed by atoms with Gasteiger partial charge in [-0.3, -0.25) is 14.2 Å². The number of rotatable bonds is 60. The van der Waals surface area contributed by atoms with Crippen molar-refractivity contribution < 1.29 is 42.1 Å². The number of phosphoric acid groups is 1. The van der Waals surface area contributed by atoms with Gasteiger partial charge in [0.2, 0.25) is 0 Å². The quantitative estimate of drug-likeness (QED) is 0.0195. The molecule has 80 heavy (non-hydrogen) atoms. The highest BCUT2D eigenvalue weighted by molar-refractivity contribution is 7.45. The minimum Gasteiger partial charge on any atom is -0.756 e. The standard InChI is InChI=1S/C70H124NO8P/c1-6-8-10-12-14-16-18-20-22-24-25-26-27-28-29-30-31-32-33-34-35-36-37-38-39-40-41-42-43-44-45-47-49-51-53-55-57-59-61-63-70(73)79-68(67-78-80(74,75)77-65-64-71(3,4)5)66-76-69(72)62-60-58-56-54-52-50-48-46-23-21-19-17-15-13-11-9-7-2/h8,10,14,16,20-23,25-26,28-29,31-32,34-35,68H,6-7,9,11-13,15,17-19,24,27,30,33,36-67H2,1-5H3/b10-8-,16-14-,22-20-,23-21-,26-25-,29-28-,32-31-,35-34-. The van der Waals surface area contributed by atoms with Crippen molar-refractivity contribution in [3.8, 4) is 0 Å². The van der Waals surface area contributed by atoms with Gasteiger partial charge in [0.1, 0.15) is 19.8 Å². The Morgan fingerprint density at radius 3 is 1.07 bits per heavy atom. The van der Waals surface area contributed by atoms with Crippen LogP contribution in [0, 0.1) is 0 Å². The first-order valence-corrected chi connectivity index (χ1v) is 34.4. The van der Waals surface area contributed by atoms with E-state index in [9.17, 15) is 19.0 Å². The van der Waals surface area contributed by atoms with E-state index in [1.54, 1.807) is 0 Å². The van der Waals surface area contributed by atoms with Crippen molar-refractivity contribution in [3.63, 3.8) is 0 Å². The lowest BCUT2D eigenvalue weighted by atomic mass is 10.0. The van der Waals surface area contributed by atoms with Crippen LogP contribution in [0.5, 0.6) is 0 Å². The maximum atomic E-state index is 12.8. The molecule has 10 heteroatoms. The Balaban J connectivity index is 4.00. The highest BCUT2D eigenvalue weighted by Crippen LogP contribution is 2.38. The minimum atomic E-state index is -4.64. The van der Waals surface area contributed by atoms with Crippen LogP contribution in [0.3, 0.4) is 0 Å². The van der Waals surface area contributed by atoms with Gasteiger partial charge in [-0.05, 0) is 96.3 Å². The van der Waals surface area contributed by atoms with E-state index >= 15 is 0 Å². The van der Waals surface area contributed by atoms with Gasteiger partial charge in [0.25, 0.3) is 7.82 Å². The highest BCUT2D eigenvalue weighted by atomic mass is 31.2. The van der Waals surface area contributed by atoms with Gasteiger partial charge in [-0.15, -0.1) is 0 Å². The molecular formula is C70H124NO8P. The molecule has 0 aromatic carbocycles. The number of hydrogen-bond acceptors (Lipinski definition) is 8. The summed E-state index contributed by atoms with van der Waals surface area (Å²) in [6.45, 7) is 4.14. The number of esters is 2. The number of hydrogen-bond donors (Lipinski definition) is 0. The second kappa shape index (κ2) is 60.5. The molecule has 0 aromatic heterocycles. The molecule has 0 bridgehead atoms. The molecular weight excluding hydrogens is 1010 g/mol. The topological polar surface area (TPSA) is 111 Å². The van der Waals surface area contributed by atoms with E-state index in [2.05, 4.69) is 111 Å². The Labute approximate surface area is 493 Å². The van der Waals surface area contributed by atoms with Crippen LogP contribution in [0.4, 0.5) is 0 Å². The van der Waals surface area contributed by atoms with Gasteiger partial charge in [-0.25, -0.2) is 0 Å². The fourth-order valence-corrected chi connectivity index (χ4v) is 9.77. The van der Waals surface area contributed by atoms with E-state index in [1.807, 2.05) is 21.1 Å². The lowest BCUT2D eigenvalue weighted by Gasteiger charge is -2.28. The lowest BCUT2D eigenvalue weighted by molar-refractivity contribution is -0.870. The van der Waals surface area contributed by atoms with Crippen molar-refractivity contribution >= 4 is 19.8 Å². The van der Waals surface area contributed by atoms with Crippen LogP contribution in [-0.4, -0.2) is 70.0 Å². The Kier molecular flexibility index (Phi) is 58.2. The number of phosphoric ester groups is 1. The van der Waals surface area contributed by atoms with Gasteiger partial charge >= 0.3 is 11.9 Å². The van der Waals surface area contributed by atoms with Crippen molar-refractivity contribution in [2.24, 2.45) is 0 Å². The number of quaternary nitrogens is 1. The van der Waals surface area contributed by atoms with Crippen molar-refractivity contribution in [1.29, 1.82) is 0 Å². The summed E-state index contributed by atoms with van der Waals surface area (Å²) in [4.78, 5) is 37.9. The lowest BCUT2D eigenvalue weighted by Crippen LogP contribution is -2.37. The Morgan fingerprint density at radius 2 is 0.713 bits per heavy atom. The molecule has 0 heterocycles. The van der Waals surface area contributed by atoms with Crippen LogP contribution in [0.2, 0.25) is 0 Å². The molecule has 0 amide bonds. The molecule has 0 saturated heterocycles.